The third kappa shape index (κ3) is 6.05. The summed E-state index contributed by atoms with van der Waals surface area (Å²) in [5.41, 5.74) is 0.248. The highest BCUT2D eigenvalue weighted by Gasteiger charge is 2.21. The molecule has 12 heteroatoms. The molecule has 0 saturated carbocycles. The molecule has 28 heavy (non-hydrogen) atoms. The predicted octanol–water partition coefficient (Wildman–Crippen LogP) is 2.89. The number of aromatic nitrogens is 1. The number of carbonyl (C=O) groups is 2. The zero-order valence-corrected chi connectivity index (χ0v) is 17.4. The summed E-state index contributed by atoms with van der Waals surface area (Å²) < 4.78 is 31.3. The Morgan fingerprint density at radius 2 is 1.89 bits per heavy atom. The van der Waals surface area contributed by atoms with Crippen LogP contribution < -0.4 is 10.0 Å². The molecule has 1 atom stereocenters. The zero-order chi connectivity index (χ0) is 20.9. The normalized spacial score (nSPS) is 12.3. The second-order valence-corrected chi connectivity index (χ2v) is 8.30. The van der Waals surface area contributed by atoms with E-state index in [0.29, 0.717) is 0 Å². The second-order valence-electron chi connectivity index (χ2n) is 5.36. The molecule has 1 amide bonds. The van der Waals surface area contributed by atoms with Gasteiger partial charge in [-0.2, -0.15) is 4.72 Å². The summed E-state index contributed by atoms with van der Waals surface area (Å²) in [6, 6.07) is 6.77. The van der Waals surface area contributed by atoms with Crippen molar-refractivity contribution in [2.75, 3.05) is 11.9 Å². The van der Waals surface area contributed by atoms with Crippen LogP contribution in [0.2, 0.25) is 15.2 Å². The average Bonchev–Trinajstić information content (AvgIpc) is 2.64. The summed E-state index contributed by atoms with van der Waals surface area (Å²) in [6.07, 6.45) is 0.250. The van der Waals surface area contributed by atoms with Crippen molar-refractivity contribution in [2.24, 2.45) is 0 Å². The van der Waals surface area contributed by atoms with Gasteiger partial charge in [-0.25, -0.2) is 13.4 Å². The lowest BCUT2D eigenvalue weighted by molar-refractivity contribution is -0.151. The number of nitrogens with zero attached hydrogens (tertiary/aromatic N) is 1. The second kappa shape index (κ2) is 9.53. The van der Waals surface area contributed by atoms with Gasteiger partial charge in [0.25, 0.3) is 5.91 Å². The average molecular weight is 467 g/mol. The number of carbonyl (C=O) groups excluding carboxylic acids is 2. The number of hydrogen-bond donors (Lipinski definition) is 2. The zero-order valence-electron chi connectivity index (χ0n) is 14.3. The van der Waals surface area contributed by atoms with Gasteiger partial charge < -0.3 is 10.1 Å². The van der Waals surface area contributed by atoms with Crippen LogP contribution in [0.3, 0.4) is 0 Å². The van der Waals surface area contributed by atoms with Crippen molar-refractivity contribution >= 4 is 62.4 Å². The number of esters is 1. The van der Waals surface area contributed by atoms with Crippen LogP contribution in [0.4, 0.5) is 5.69 Å². The Bertz CT molecular complexity index is 1000. The minimum atomic E-state index is -4.02. The molecule has 1 heterocycles. The Morgan fingerprint density at radius 3 is 2.54 bits per heavy atom. The lowest BCUT2D eigenvalue weighted by Crippen LogP contribution is -2.35. The molecular formula is C16H14Cl3N3O5S. The van der Waals surface area contributed by atoms with E-state index < -0.39 is 34.5 Å². The van der Waals surface area contributed by atoms with Gasteiger partial charge in [0.2, 0.25) is 10.0 Å². The molecular weight excluding hydrogens is 453 g/mol. The summed E-state index contributed by atoms with van der Waals surface area (Å²) in [5, 5.41) is 2.76. The number of halogens is 3. The third-order valence-corrected chi connectivity index (χ3v) is 5.74. The molecule has 0 fully saturated rings. The maximum absolute atomic E-state index is 12.2. The van der Waals surface area contributed by atoms with Gasteiger partial charge in [-0.3, -0.25) is 9.59 Å². The molecule has 0 saturated heterocycles. The monoisotopic (exact) mass is 465 g/mol. The van der Waals surface area contributed by atoms with E-state index in [1.807, 2.05) is 0 Å². The fourth-order valence-electron chi connectivity index (χ4n) is 1.89. The van der Waals surface area contributed by atoms with Gasteiger partial charge in [-0.15, -0.1) is 0 Å². The Balaban J connectivity index is 1.91. The van der Waals surface area contributed by atoms with Crippen LogP contribution in [0, 0.1) is 0 Å². The lowest BCUT2D eigenvalue weighted by atomic mass is 10.3. The van der Waals surface area contributed by atoms with Crippen LogP contribution in [0.15, 0.2) is 41.4 Å². The summed E-state index contributed by atoms with van der Waals surface area (Å²) >= 11 is 17.4. The minimum absolute atomic E-state index is 0.0477. The highest BCUT2D eigenvalue weighted by Crippen LogP contribution is 2.24. The Hall–Kier alpha value is -1.91. The number of nitrogens with one attached hydrogen (secondary N) is 2. The molecule has 1 aromatic carbocycles. The quantitative estimate of drug-likeness (QED) is 0.479. The lowest BCUT2D eigenvalue weighted by Gasteiger charge is -2.14. The van der Waals surface area contributed by atoms with Gasteiger partial charge >= 0.3 is 5.97 Å². The first kappa shape index (κ1) is 22.4. The summed E-state index contributed by atoms with van der Waals surface area (Å²) in [5.74, 6) is -1.61. The van der Waals surface area contributed by atoms with E-state index in [4.69, 9.17) is 39.5 Å². The van der Waals surface area contributed by atoms with Crippen molar-refractivity contribution in [1.29, 1.82) is 0 Å². The van der Waals surface area contributed by atoms with Crippen molar-refractivity contribution in [3.05, 3.63) is 51.7 Å². The van der Waals surface area contributed by atoms with Crippen LogP contribution in [0.5, 0.6) is 0 Å². The molecule has 1 unspecified atom stereocenters. The van der Waals surface area contributed by atoms with E-state index in [1.165, 1.54) is 31.3 Å². The van der Waals surface area contributed by atoms with Gasteiger partial charge in [-0.1, -0.05) is 34.8 Å². The van der Waals surface area contributed by atoms with Gasteiger partial charge in [0.1, 0.15) is 6.54 Å². The van der Waals surface area contributed by atoms with Crippen molar-refractivity contribution in [3.8, 4) is 0 Å². The Morgan fingerprint density at radius 1 is 1.18 bits per heavy atom. The van der Waals surface area contributed by atoms with Crippen LogP contribution in [0.25, 0.3) is 0 Å². The fraction of sp³-hybridized carbons (Fsp3) is 0.188. The van der Waals surface area contributed by atoms with Crippen molar-refractivity contribution in [3.63, 3.8) is 0 Å². The third-order valence-electron chi connectivity index (χ3n) is 3.30. The number of amides is 1. The number of hydrogen-bond acceptors (Lipinski definition) is 6. The minimum Gasteiger partial charge on any atom is -0.452 e. The molecule has 0 aliphatic carbocycles. The molecule has 0 radical (unpaired) electrons. The topological polar surface area (TPSA) is 114 Å². The van der Waals surface area contributed by atoms with E-state index in [9.17, 15) is 18.0 Å². The molecule has 2 N–H and O–H groups in total. The fourth-order valence-corrected chi connectivity index (χ4v) is 3.41. The molecule has 0 aliphatic heterocycles. The smallest absolute Gasteiger partial charge is 0.321 e. The molecule has 2 aromatic rings. The SMILES string of the molecule is CC(OC(=O)CNS(=O)(=O)c1ccc(Cl)c(Cl)c1)C(=O)Nc1cccnc1Cl. The number of ether oxygens (including phenoxy) is 1. The molecule has 0 aliphatic rings. The Kier molecular flexibility index (Phi) is 7.62. The molecule has 150 valence electrons. The summed E-state index contributed by atoms with van der Waals surface area (Å²) in [6.45, 7) is 0.638. The van der Waals surface area contributed by atoms with E-state index in [-0.39, 0.29) is 25.8 Å². The van der Waals surface area contributed by atoms with Crippen molar-refractivity contribution in [1.82, 2.24) is 9.71 Å². The number of sulfonamides is 1. The molecule has 1 aromatic heterocycles. The van der Waals surface area contributed by atoms with E-state index in [2.05, 4.69) is 15.0 Å². The largest absolute Gasteiger partial charge is 0.452 e. The number of rotatable bonds is 7. The number of pyridine rings is 1. The van der Waals surface area contributed by atoms with Crippen molar-refractivity contribution in [2.45, 2.75) is 17.9 Å². The molecule has 0 spiro atoms. The van der Waals surface area contributed by atoms with Crippen molar-refractivity contribution < 1.29 is 22.7 Å². The van der Waals surface area contributed by atoms with E-state index in [0.717, 1.165) is 6.07 Å². The van der Waals surface area contributed by atoms with Gasteiger partial charge in [0.15, 0.2) is 11.3 Å². The first-order valence-corrected chi connectivity index (χ1v) is 10.3. The number of anilines is 1. The summed E-state index contributed by atoms with van der Waals surface area (Å²) in [4.78, 5) is 27.5. The predicted molar refractivity (Wildman–Crippen MR) is 105 cm³/mol. The maximum atomic E-state index is 12.2. The highest BCUT2D eigenvalue weighted by atomic mass is 35.5. The van der Waals surface area contributed by atoms with Crippen LogP contribution >= 0.6 is 34.8 Å². The van der Waals surface area contributed by atoms with Crippen LogP contribution in [-0.4, -0.2) is 37.9 Å². The highest BCUT2D eigenvalue weighted by molar-refractivity contribution is 7.89. The van der Waals surface area contributed by atoms with E-state index in [1.54, 1.807) is 6.07 Å². The van der Waals surface area contributed by atoms with Gasteiger partial charge in [-0.05, 0) is 37.3 Å². The van der Waals surface area contributed by atoms with Gasteiger partial charge in [0, 0.05) is 6.20 Å². The first-order chi connectivity index (χ1) is 13.1. The standard InChI is InChI=1S/C16H14Cl3N3O5S/c1-9(16(24)22-13-3-2-6-20-15(13)19)27-14(23)8-21-28(25,26)10-4-5-11(17)12(18)7-10/h2-7,9,21H,8H2,1H3,(H,22,24). The van der Waals surface area contributed by atoms with Crippen LogP contribution in [-0.2, 0) is 24.3 Å². The maximum Gasteiger partial charge on any atom is 0.321 e. The first-order valence-electron chi connectivity index (χ1n) is 7.65. The molecule has 2 rings (SSSR count). The molecule has 8 nitrogen and oxygen atoms in total. The number of benzene rings is 1. The molecule has 0 bridgehead atoms. The Labute approximate surface area is 176 Å². The van der Waals surface area contributed by atoms with E-state index >= 15 is 0 Å². The summed E-state index contributed by atoms with van der Waals surface area (Å²) in [7, 11) is -4.02. The van der Waals surface area contributed by atoms with Crippen LogP contribution in [0.1, 0.15) is 6.92 Å². The van der Waals surface area contributed by atoms with Gasteiger partial charge in [0.05, 0.1) is 20.6 Å².